The van der Waals surface area contributed by atoms with E-state index in [0.717, 1.165) is 41.0 Å². The summed E-state index contributed by atoms with van der Waals surface area (Å²) < 4.78 is 2.12. The van der Waals surface area contributed by atoms with Crippen LogP contribution < -0.4 is 11.3 Å². The smallest absolute Gasteiger partial charge is 0.193 e. The maximum Gasteiger partial charge on any atom is 0.193 e. The molecule has 2 bridgehead atoms. The maximum atomic E-state index is 5.86. The molecule has 3 aliphatic carbocycles. The first-order valence-electron chi connectivity index (χ1n) is 7.72. The molecule has 0 aliphatic heterocycles. The minimum absolute atomic E-state index is 0.415. The van der Waals surface area contributed by atoms with E-state index in [1.54, 1.807) is 11.3 Å². The SMILES string of the molecule is NNC(Cc1cn2ccsc2n1)C1C2C3CCC(C3)C21. The van der Waals surface area contributed by atoms with Gasteiger partial charge in [0.05, 0.1) is 5.69 Å². The molecular formula is C15H20N4S. The van der Waals surface area contributed by atoms with Crippen molar-refractivity contribution in [2.24, 2.45) is 35.4 Å². The summed E-state index contributed by atoms with van der Waals surface area (Å²) in [5.74, 6) is 10.6. The Hall–Kier alpha value is -0.910. The molecule has 5 heteroatoms. The molecule has 5 unspecified atom stereocenters. The van der Waals surface area contributed by atoms with E-state index in [-0.39, 0.29) is 0 Å². The summed E-state index contributed by atoms with van der Waals surface area (Å²) in [6.45, 7) is 0. The Morgan fingerprint density at radius 2 is 2.20 bits per heavy atom. The zero-order valence-corrected chi connectivity index (χ0v) is 12.2. The van der Waals surface area contributed by atoms with Crippen LogP contribution in [0.25, 0.3) is 4.96 Å². The number of hydrogen-bond donors (Lipinski definition) is 2. The van der Waals surface area contributed by atoms with Crippen molar-refractivity contribution in [3.05, 3.63) is 23.5 Å². The van der Waals surface area contributed by atoms with Gasteiger partial charge in [-0.1, -0.05) is 0 Å². The van der Waals surface area contributed by atoms with E-state index in [1.807, 2.05) is 0 Å². The standard InChI is InChI=1S/C15H20N4S/c16-18-11(6-10-7-19-3-4-20-15(19)17-10)14-12-8-1-2-9(5-8)13(12)14/h3-4,7-9,11-14,18H,1-2,5-6,16H2. The Labute approximate surface area is 122 Å². The summed E-state index contributed by atoms with van der Waals surface area (Å²) in [5.41, 5.74) is 4.28. The average Bonchev–Trinajstić information content (AvgIpc) is 2.91. The predicted molar refractivity (Wildman–Crippen MR) is 79.2 cm³/mol. The summed E-state index contributed by atoms with van der Waals surface area (Å²) in [5, 5.41) is 2.08. The molecule has 0 saturated heterocycles. The number of hydrogen-bond acceptors (Lipinski definition) is 4. The number of fused-ring (bicyclic) bond motifs is 6. The van der Waals surface area contributed by atoms with Crippen molar-refractivity contribution in [2.45, 2.75) is 31.7 Å². The molecule has 3 fully saturated rings. The number of nitrogens with two attached hydrogens (primary N) is 1. The van der Waals surface area contributed by atoms with Crippen LogP contribution in [0.3, 0.4) is 0 Å². The molecule has 2 heterocycles. The number of nitrogens with one attached hydrogen (secondary N) is 1. The van der Waals surface area contributed by atoms with E-state index in [0.29, 0.717) is 6.04 Å². The number of hydrazine groups is 1. The second kappa shape index (κ2) is 4.06. The van der Waals surface area contributed by atoms with Crippen molar-refractivity contribution >= 4 is 16.3 Å². The molecule has 2 aromatic rings. The van der Waals surface area contributed by atoms with E-state index in [4.69, 9.17) is 10.8 Å². The average molecular weight is 288 g/mol. The van der Waals surface area contributed by atoms with Gasteiger partial charge >= 0.3 is 0 Å². The quantitative estimate of drug-likeness (QED) is 0.669. The zero-order valence-electron chi connectivity index (χ0n) is 11.4. The lowest BCUT2D eigenvalue weighted by molar-refractivity contribution is 0.363. The number of aromatic nitrogens is 2. The van der Waals surface area contributed by atoms with Gasteiger partial charge in [0, 0.05) is 30.2 Å². The lowest BCUT2D eigenvalue weighted by Gasteiger charge is -2.18. The molecule has 3 saturated carbocycles. The number of imidazole rings is 1. The second-order valence-electron chi connectivity index (χ2n) is 6.87. The van der Waals surface area contributed by atoms with Crippen molar-refractivity contribution in [1.82, 2.24) is 14.8 Å². The topological polar surface area (TPSA) is 55.3 Å². The molecule has 4 nitrogen and oxygen atoms in total. The molecule has 0 amide bonds. The summed E-state index contributed by atoms with van der Waals surface area (Å²) in [6.07, 6.45) is 9.65. The van der Waals surface area contributed by atoms with E-state index >= 15 is 0 Å². The highest BCUT2D eigenvalue weighted by molar-refractivity contribution is 7.15. The molecule has 0 aromatic carbocycles. The fourth-order valence-corrected chi connectivity index (χ4v) is 6.06. The molecule has 106 valence electrons. The lowest BCUT2D eigenvalue weighted by atomic mass is 9.95. The number of thiazole rings is 1. The van der Waals surface area contributed by atoms with Crippen molar-refractivity contribution < 1.29 is 0 Å². The van der Waals surface area contributed by atoms with Crippen molar-refractivity contribution in [2.75, 3.05) is 0 Å². The number of rotatable bonds is 4. The molecule has 3 aliphatic rings. The van der Waals surface area contributed by atoms with E-state index in [9.17, 15) is 0 Å². The van der Waals surface area contributed by atoms with Gasteiger partial charge < -0.3 is 0 Å². The Morgan fingerprint density at radius 3 is 2.90 bits per heavy atom. The fourth-order valence-electron chi connectivity index (χ4n) is 5.34. The molecule has 2 aromatic heterocycles. The van der Waals surface area contributed by atoms with Crippen LogP contribution in [0.15, 0.2) is 17.8 Å². The first-order chi connectivity index (χ1) is 9.85. The molecule has 20 heavy (non-hydrogen) atoms. The summed E-state index contributed by atoms with van der Waals surface area (Å²) in [6, 6.07) is 0.415. The van der Waals surface area contributed by atoms with Crippen LogP contribution in [0, 0.1) is 29.6 Å². The van der Waals surface area contributed by atoms with Crippen LogP contribution in [0.2, 0.25) is 0 Å². The summed E-state index contributed by atoms with van der Waals surface area (Å²) in [7, 11) is 0. The summed E-state index contributed by atoms with van der Waals surface area (Å²) in [4.78, 5) is 5.79. The van der Waals surface area contributed by atoms with Crippen LogP contribution in [0.4, 0.5) is 0 Å². The highest BCUT2D eigenvalue weighted by atomic mass is 32.1. The molecule has 5 rings (SSSR count). The third-order valence-electron chi connectivity index (χ3n) is 6.05. The Kier molecular flexibility index (Phi) is 2.38. The molecule has 5 atom stereocenters. The van der Waals surface area contributed by atoms with E-state index in [2.05, 4.69) is 27.6 Å². The highest BCUT2D eigenvalue weighted by Crippen LogP contribution is 2.70. The minimum atomic E-state index is 0.415. The van der Waals surface area contributed by atoms with Crippen molar-refractivity contribution in [1.29, 1.82) is 0 Å². The largest absolute Gasteiger partial charge is 0.297 e. The van der Waals surface area contributed by atoms with Crippen LogP contribution in [-0.2, 0) is 6.42 Å². The van der Waals surface area contributed by atoms with E-state index in [1.165, 1.54) is 25.0 Å². The van der Waals surface area contributed by atoms with Gasteiger partial charge in [0.25, 0.3) is 0 Å². The molecule has 0 spiro atoms. The summed E-state index contributed by atoms with van der Waals surface area (Å²) >= 11 is 1.69. The van der Waals surface area contributed by atoms with Gasteiger partial charge in [-0.05, 0) is 48.9 Å². The molecule has 3 N–H and O–H groups in total. The zero-order chi connectivity index (χ0) is 13.3. The van der Waals surface area contributed by atoms with Crippen LogP contribution >= 0.6 is 11.3 Å². The molecular weight excluding hydrogens is 268 g/mol. The third-order valence-corrected chi connectivity index (χ3v) is 6.82. The fraction of sp³-hybridized carbons (Fsp3) is 0.667. The van der Waals surface area contributed by atoms with Gasteiger partial charge in [-0.25, -0.2) is 4.98 Å². The third kappa shape index (κ3) is 1.51. The van der Waals surface area contributed by atoms with Crippen molar-refractivity contribution in [3.8, 4) is 0 Å². The van der Waals surface area contributed by atoms with Gasteiger partial charge in [0.2, 0.25) is 0 Å². The Bertz CT molecular complexity index is 603. The van der Waals surface area contributed by atoms with Gasteiger partial charge in [0.15, 0.2) is 4.96 Å². The number of nitrogens with zero attached hydrogens (tertiary/aromatic N) is 2. The highest BCUT2D eigenvalue weighted by Gasteiger charge is 2.66. The van der Waals surface area contributed by atoms with Crippen LogP contribution in [0.1, 0.15) is 25.0 Å². The Balaban J connectivity index is 1.36. The lowest BCUT2D eigenvalue weighted by Crippen LogP contribution is -2.40. The monoisotopic (exact) mass is 288 g/mol. The minimum Gasteiger partial charge on any atom is -0.297 e. The first kappa shape index (κ1) is 11.7. The first-order valence-corrected chi connectivity index (χ1v) is 8.60. The van der Waals surface area contributed by atoms with Gasteiger partial charge in [-0.2, -0.15) is 0 Å². The van der Waals surface area contributed by atoms with Crippen LogP contribution in [-0.4, -0.2) is 15.4 Å². The van der Waals surface area contributed by atoms with Gasteiger partial charge in [0.1, 0.15) is 0 Å². The van der Waals surface area contributed by atoms with Crippen molar-refractivity contribution in [3.63, 3.8) is 0 Å². The maximum absolute atomic E-state index is 5.86. The van der Waals surface area contributed by atoms with Crippen LogP contribution in [0.5, 0.6) is 0 Å². The second-order valence-corrected chi connectivity index (χ2v) is 7.74. The van der Waals surface area contributed by atoms with Gasteiger partial charge in [-0.3, -0.25) is 15.7 Å². The Morgan fingerprint density at radius 1 is 1.40 bits per heavy atom. The van der Waals surface area contributed by atoms with E-state index < -0.39 is 0 Å². The van der Waals surface area contributed by atoms with Gasteiger partial charge in [-0.15, -0.1) is 11.3 Å². The predicted octanol–water partition coefficient (Wildman–Crippen LogP) is 2.06. The molecule has 0 radical (unpaired) electrons. The normalized spacial score (nSPS) is 39.4.